The molecule has 4 nitrogen and oxygen atoms in total. The summed E-state index contributed by atoms with van der Waals surface area (Å²) < 4.78 is 0. The largest absolute Gasteiger partial charge is 0.338 e. The van der Waals surface area contributed by atoms with Gasteiger partial charge >= 0.3 is 0 Å². The molecule has 0 rings (SSSR count). The molecule has 0 aromatic carbocycles. The average molecular weight is 185 g/mol. The van der Waals surface area contributed by atoms with Gasteiger partial charge in [0.2, 0.25) is 5.91 Å². The zero-order valence-corrected chi connectivity index (χ0v) is 8.29. The fourth-order valence-corrected chi connectivity index (χ4v) is 0.851. The highest BCUT2D eigenvalue weighted by atomic mass is 16.2. The molecule has 0 aliphatic heterocycles. The first-order valence-electron chi connectivity index (χ1n) is 4.22. The van der Waals surface area contributed by atoms with Gasteiger partial charge in [0.1, 0.15) is 11.6 Å². The van der Waals surface area contributed by atoms with Crippen molar-refractivity contribution in [3.63, 3.8) is 0 Å². The molecule has 74 valence electrons. The second-order valence-electron chi connectivity index (χ2n) is 3.02. The minimum Gasteiger partial charge on any atom is -0.338 e. The summed E-state index contributed by atoms with van der Waals surface area (Å²) in [4.78, 5) is 34.0. The Morgan fingerprint density at radius 3 is 2.15 bits per heavy atom. The van der Waals surface area contributed by atoms with E-state index in [9.17, 15) is 14.4 Å². The summed E-state index contributed by atoms with van der Waals surface area (Å²) in [6.45, 7) is 3.20. The van der Waals surface area contributed by atoms with E-state index in [-0.39, 0.29) is 30.4 Å². The van der Waals surface area contributed by atoms with Crippen LogP contribution in [0.5, 0.6) is 0 Å². The van der Waals surface area contributed by atoms with Crippen molar-refractivity contribution in [3.8, 4) is 0 Å². The van der Waals surface area contributed by atoms with E-state index < -0.39 is 0 Å². The molecule has 1 amide bonds. The van der Waals surface area contributed by atoms with E-state index in [2.05, 4.69) is 0 Å². The quantitative estimate of drug-likeness (QED) is 0.583. The van der Waals surface area contributed by atoms with Crippen molar-refractivity contribution in [1.29, 1.82) is 0 Å². The lowest BCUT2D eigenvalue weighted by atomic mass is 10.2. The predicted octanol–water partition coefficient (Wildman–Crippen LogP) is 0.403. The van der Waals surface area contributed by atoms with Gasteiger partial charge in [-0.15, -0.1) is 0 Å². The maximum Gasteiger partial charge on any atom is 0.230 e. The first kappa shape index (κ1) is 11.8. The predicted molar refractivity (Wildman–Crippen MR) is 48.2 cm³/mol. The van der Waals surface area contributed by atoms with E-state index in [1.807, 2.05) is 0 Å². The maximum atomic E-state index is 11.2. The van der Waals surface area contributed by atoms with Crippen LogP contribution < -0.4 is 0 Å². The number of carbonyl (C=O) groups is 3. The summed E-state index contributed by atoms with van der Waals surface area (Å²) in [5, 5.41) is 0. The van der Waals surface area contributed by atoms with Gasteiger partial charge in [-0.1, -0.05) is 6.92 Å². The SMILES string of the molecule is CCC(=O)CC(=O)N(C)CC(C)=O. The number of amides is 1. The van der Waals surface area contributed by atoms with Gasteiger partial charge < -0.3 is 4.90 Å². The fraction of sp³-hybridized carbons (Fsp3) is 0.667. The van der Waals surface area contributed by atoms with E-state index >= 15 is 0 Å². The number of likely N-dealkylation sites (N-methyl/N-ethyl adjacent to an activating group) is 1. The van der Waals surface area contributed by atoms with Gasteiger partial charge in [0.05, 0.1) is 13.0 Å². The van der Waals surface area contributed by atoms with Crippen LogP contribution in [-0.4, -0.2) is 36.0 Å². The Morgan fingerprint density at radius 1 is 1.23 bits per heavy atom. The molecule has 13 heavy (non-hydrogen) atoms. The van der Waals surface area contributed by atoms with Crippen molar-refractivity contribution in [2.75, 3.05) is 13.6 Å². The summed E-state index contributed by atoms with van der Waals surface area (Å²) >= 11 is 0. The fourth-order valence-electron chi connectivity index (χ4n) is 0.851. The highest BCUT2D eigenvalue weighted by Crippen LogP contribution is 1.95. The van der Waals surface area contributed by atoms with Crippen molar-refractivity contribution < 1.29 is 14.4 Å². The van der Waals surface area contributed by atoms with Gasteiger partial charge in [0, 0.05) is 13.5 Å². The van der Waals surface area contributed by atoms with Crippen molar-refractivity contribution in [1.82, 2.24) is 4.90 Å². The molecule has 0 aromatic rings. The lowest BCUT2D eigenvalue weighted by Gasteiger charge is -2.14. The number of carbonyl (C=O) groups excluding carboxylic acids is 3. The average Bonchev–Trinajstić information content (AvgIpc) is 2.02. The Morgan fingerprint density at radius 2 is 1.77 bits per heavy atom. The third-order valence-electron chi connectivity index (χ3n) is 1.63. The molecule has 0 unspecified atom stereocenters. The van der Waals surface area contributed by atoms with E-state index in [0.717, 1.165) is 0 Å². The Hall–Kier alpha value is -1.19. The summed E-state index contributed by atoms with van der Waals surface area (Å²) in [7, 11) is 1.52. The van der Waals surface area contributed by atoms with Crippen LogP contribution >= 0.6 is 0 Å². The topological polar surface area (TPSA) is 54.5 Å². The van der Waals surface area contributed by atoms with Crippen LogP contribution in [0.15, 0.2) is 0 Å². The Labute approximate surface area is 77.9 Å². The van der Waals surface area contributed by atoms with Crippen molar-refractivity contribution in [2.45, 2.75) is 26.7 Å². The van der Waals surface area contributed by atoms with Crippen LogP contribution in [0, 0.1) is 0 Å². The number of ketones is 2. The van der Waals surface area contributed by atoms with Gasteiger partial charge in [-0.3, -0.25) is 14.4 Å². The number of Topliss-reactive ketones (excluding diaryl/α,β-unsaturated/α-hetero) is 2. The van der Waals surface area contributed by atoms with E-state index in [4.69, 9.17) is 0 Å². The highest BCUT2D eigenvalue weighted by molar-refractivity contribution is 5.98. The lowest BCUT2D eigenvalue weighted by Crippen LogP contribution is -2.32. The van der Waals surface area contributed by atoms with Gasteiger partial charge in [0.15, 0.2) is 0 Å². The number of nitrogens with zero attached hydrogens (tertiary/aromatic N) is 1. The monoisotopic (exact) mass is 185 g/mol. The van der Waals surface area contributed by atoms with Crippen LogP contribution in [-0.2, 0) is 14.4 Å². The molecule has 0 aliphatic carbocycles. The Balaban J connectivity index is 3.96. The van der Waals surface area contributed by atoms with Crippen molar-refractivity contribution in [3.05, 3.63) is 0 Å². The molecule has 0 aromatic heterocycles. The molecule has 0 bridgehead atoms. The molecule has 0 heterocycles. The molecule has 0 aliphatic rings. The Bertz CT molecular complexity index is 223. The smallest absolute Gasteiger partial charge is 0.230 e. The highest BCUT2D eigenvalue weighted by Gasteiger charge is 2.13. The number of rotatable bonds is 5. The van der Waals surface area contributed by atoms with Gasteiger partial charge in [-0.25, -0.2) is 0 Å². The second-order valence-corrected chi connectivity index (χ2v) is 3.02. The summed E-state index contributed by atoms with van der Waals surface area (Å²) in [5.74, 6) is -0.470. The first-order valence-corrected chi connectivity index (χ1v) is 4.22. The molecule has 0 saturated carbocycles. The zero-order valence-electron chi connectivity index (χ0n) is 8.29. The van der Waals surface area contributed by atoms with Crippen molar-refractivity contribution in [2.24, 2.45) is 0 Å². The van der Waals surface area contributed by atoms with Gasteiger partial charge in [-0.2, -0.15) is 0 Å². The summed E-state index contributed by atoms with van der Waals surface area (Å²) in [6, 6.07) is 0. The lowest BCUT2D eigenvalue weighted by molar-refractivity contribution is -0.136. The van der Waals surface area contributed by atoms with E-state index in [0.29, 0.717) is 6.42 Å². The summed E-state index contributed by atoms with van der Waals surface area (Å²) in [5.41, 5.74) is 0. The molecule has 0 spiro atoms. The molecule has 0 radical (unpaired) electrons. The van der Waals surface area contributed by atoms with Crippen LogP contribution in [0.25, 0.3) is 0 Å². The minimum atomic E-state index is -0.290. The van der Waals surface area contributed by atoms with Crippen LogP contribution in [0.2, 0.25) is 0 Å². The van der Waals surface area contributed by atoms with Crippen LogP contribution in [0.3, 0.4) is 0 Å². The van der Waals surface area contributed by atoms with E-state index in [1.165, 1.54) is 18.9 Å². The third kappa shape index (κ3) is 5.11. The zero-order chi connectivity index (χ0) is 10.4. The molecular weight excluding hydrogens is 170 g/mol. The number of hydrogen-bond donors (Lipinski definition) is 0. The molecule has 0 atom stereocenters. The van der Waals surface area contributed by atoms with Crippen LogP contribution in [0.1, 0.15) is 26.7 Å². The van der Waals surface area contributed by atoms with Gasteiger partial charge in [-0.05, 0) is 6.92 Å². The third-order valence-corrected chi connectivity index (χ3v) is 1.63. The summed E-state index contributed by atoms with van der Waals surface area (Å²) in [6.07, 6.45) is 0.264. The minimum absolute atomic E-state index is 0.0792. The van der Waals surface area contributed by atoms with Crippen molar-refractivity contribution >= 4 is 17.5 Å². The van der Waals surface area contributed by atoms with Crippen LogP contribution in [0.4, 0.5) is 0 Å². The molecule has 4 heteroatoms. The molecule has 0 saturated heterocycles. The van der Waals surface area contributed by atoms with Gasteiger partial charge in [0.25, 0.3) is 0 Å². The van der Waals surface area contributed by atoms with E-state index in [1.54, 1.807) is 6.92 Å². The maximum absolute atomic E-state index is 11.2. The standard InChI is InChI=1S/C9H15NO3/c1-4-8(12)5-9(13)10(3)6-7(2)11/h4-6H2,1-3H3. The molecule has 0 N–H and O–H groups in total. The molecular formula is C9H15NO3. The number of hydrogen-bond acceptors (Lipinski definition) is 3. The second kappa shape index (κ2) is 5.45. The first-order chi connectivity index (χ1) is 5.97. The normalized spacial score (nSPS) is 9.46. The molecule has 0 fully saturated rings. The Kier molecular flexibility index (Phi) is 4.96.